The molecule has 2 aliphatic heterocycles. The lowest BCUT2D eigenvalue weighted by Gasteiger charge is -2.33. The molecule has 0 radical (unpaired) electrons. The highest BCUT2D eigenvalue weighted by molar-refractivity contribution is 5.13. The molecular weight excluding hydrogens is 288 g/mol. The van der Waals surface area contributed by atoms with Crippen LogP contribution in [0.4, 0.5) is 0 Å². The molecule has 1 aromatic rings. The van der Waals surface area contributed by atoms with Crippen LogP contribution >= 0.6 is 0 Å². The Kier molecular flexibility index (Phi) is 4.24. The van der Waals surface area contributed by atoms with E-state index in [1.807, 2.05) is 44.2 Å². The fraction of sp³-hybridized carbons (Fsp3) is 0.625. The lowest BCUT2D eigenvalue weighted by molar-refractivity contribution is -0.324. The molecule has 0 aromatic heterocycles. The summed E-state index contributed by atoms with van der Waals surface area (Å²) in [6.45, 7) is 3.66. The molecule has 2 fully saturated rings. The Morgan fingerprint density at radius 3 is 2.50 bits per heavy atom. The molecular formula is C16H22O6. The van der Waals surface area contributed by atoms with Crippen LogP contribution in [0.1, 0.15) is 19.4 Å². The first kappa shape index (κ1) is 15.9. The van der Waals surface area contributed by atoms with Crippen LogP contribution in [-0.2, 0) is 30.3 Å². The maximum absolute atomic E-state index is 9.73. The topological polar surface area (TPSA) is 66.4 Å². The van der Waals surface area contributed by atoms with Gasteiger partial charge < -0.3 is 28.8 Å². The van der Waals surface area contributed by atoms with Crippen LogP contribution in [0.5, 0.6) is 0 Å². The lowest BCUT2D eigenvalue weighted by Crippen LogP contribution is -2.50. The normalized spacial score (nSPS) is 36.5. The molecule has 0 spiro atoms. The summed E-state index contributed by atoms with van der Waals surface area (Å²) in [6.07, 6.45) is -1.66. The number of methoxy groups -OCH3 is 1. The zero-order chi connectivity index (χ0) is 15.8. The summed E-state index contributed by atoms with van der Waals surface area (Å²) in [5.74, 6) is -2.03. The van der Waals surface area contributed by atoms with Gasteiger partial charge in [0.25, 0.3) is 0 Å². The summed E-state index contributed by atoms with van der Waals surface area (Å²) in [7, 11) is 1.47. The molecule has 2 heterocycles. The Morgan fingerprint density at radius 1 is 1.14 bits per heavy atom. The van der Waals surface area contributed by atoms with Crippen LogP contribution in [-0.4, -0.2) is 48.9 Å². The summed E-state index contributed by atoms with van der Waals surface area (Å²) < 4.78 is 28.7. The van der Waals surface area contributed by atoms with Gasteiger partial charge in [0.2, 0.25) is 5.79 Å². The number of ether oxygens (including phenoxy) is 5. The number of aliphatic hydroxyl groups excluding tert-OH is 1. The summed E-state index contributed by atoms with van der Waals surface area (Å²) >= 11 is 0. The second-order valence-corrected chi connectivity index (χ2v) is 5.98. The molecule has 2 aliphatic rings. The van der Waals surface area contributed by atoms with E-state index in [-0.39, 0.29) is 6.61 Å². The Labute approximate surface area is 129 Å². The Morgan fingerprint density at radius 2 is 1.86 bits per heavy atom. The molecule has 0 unspecified atom stereocenters. The first-order valence-corrected chi connectivity index (χ1v) is 7.35. The van der Waals surface area contributed by atoms with Crippen molar-refractivity contribution in [1.29, 1.82) is 0 Å². The Bertz CT molecular complexity index is 499. The van der Waals surface area contributed by atoms with Gasteiger partial charge in [-0.2, -0.15) is 0 Å². The number of fused-ring (bicyclic) bond motifs is 1. The number of hydrogen-bond acceptors (Lipinski definition) is 6. The average Bonchev–Trinajstić information content (AvgIpc) is 2.95. The van der Waals surface area contributed by atoms with Crippen molar-refractivity contribution >= 4 is 0 Å². The maximum Gasteiger partial charge on any atom is 0.223 e. The molecule has 6 heteroatoms. The summed E-state index contributed by atoms with van der Waals surface area (Å²) in [5.41, 5.74) is 1.02. The molecule has 0 bridgehead atoms. The smallest absolute Gasteiger partial charge is 0.223 e. The standard InChI is InChI=1S/C16H22O6/c1-15(2)20-12-13(19-9-11-7-5-4-6-8-11)16(10-17,18-3)22-14(12)21-15/h4-8,12-14,17H,9-10H2,1-3H3/t12-,13+,14-,16-/m1/s1. The monoisotopic (exact) mass is 310 g/mol. The Balaban J connectivity index is 1.77. The van der Waals surface area contributed by atoms with E-state index < -0.39 is 30.1 Å². The van der Waals surface area contributed by atoms with Gasteiger partial charge >= 0.3 is 0 Å². The van der Waals surface area contributed by atoms with Crippen molar-refractivity contribution in [3.8, 4) is 0 Å². The molecule has 4 atom stereocenters. The minimum absolute atomic E-state index is 0.344. The summed E-state index contributed by atoms with van der Waals surface area (Å²) in [4.78, 5) is 0. The molecule has 0 amide bonds. The summed E-state index contributed by atoms with van der Waals surface area (Å²) in [5, 5.41) is 9.73. The van der Waals surface area contributed by atoms with Gasteiger partial charge in [-0.1, -0.05) is 30.3 Å². The van der Waals surface area contributed by atoms with Crippen LogP contribution in [0.2, 0.25) is 0 Å². The van der Waals surface area contributed by atoms with Gasteiger partial charge in [0, 0.05) is 7.11 Å². The van der Waals surface area contributed by atoms with E-state index in [9.17, 15) is 5.11 Å². The van der Waals surface area contributed by atoms with Crippen molar-refractivity contribution in [2.45, 2.75) is 50.5 Å². The zero-order valence-corrected chi connectivity index (χ0v) is 13.0. The number of rotatable bonds is 5. The van der Waals surface area contributed by atoms with Crippen LogP contribution in [0.3, 0.4) is 0 Å². The van der Waals surface area contributed by atoms with Gasteiger partial charge in [-0.3, -0.25) is 0 Å². The molecule has 1 aromatic carbocycles. The van der Waals surface area contributed by atoms with Crippen LogP contribution in [0.25, 0.3) is 0 Å². The van der Waals surface area contributed by atoms with Gasteiger partial charge in [-0.05, 0) is 19.4 Å². The zero-order valence-electron chi connectivity index (χ0n) is 13.0. The second kappa shape index (κ2) is 5.88. The van der Waals surface area contributed by atoms with E-state index in [2.05, 4.69) is 0 Å². The molecule has 1 N–H and O–H groups in total. The van der Waals surface area contributed by atoms with Crippen molar-refractivity contribution < 1.29 is 28.8 Å². The van der Waals surface area contributed by atoms with Gasteiger partial charge in [0.15, 0.2) is 12.1 Å². The molecule has 122 valence electrons. The number of aliphatic hydroxyl groups is 1. The second-order valence-electron chi connectivity index (χ2n) is 5.98. The minimum atomic E-state index is -1.28. The van der Waals surface area contributed by atoms with Crippen molar-refractivity contribution in [1.82, 2.24) is 0 Å². The van der Waals surface area contributed by atoms with Crippen molar-refractivity contribution in [2.75, 3.05) is 13.7 Å². The highest BCUT2D eigenvalue weighted by Gasteiger charge is 2.63. The van der Waals surface area contributed by atoms with E-state index in [4.69, 9.17) is 23.7 Å². The third-order valence-corrected chi connectivity index (χ3v) is 3.97. The Hall–Kier alpha value is -1.02. The highest BCUT2D eigenvalue weighted by atomic mass is 16.9. The van der Waals surface area contributed by atoms with Crippen LogP contribution < -0.4 is 0 Å². The predicted octanol–water partition coefficient (Wildman–Crippen LogP) is 1.41. The lowest BCUT2D eigenvalue weighted by atomic mass is 10.1. The van der Waals surface area contributed by atoms with Gasteiger partial charge in [0.05, 0.1) is 6.61 Å². The molecule has 3 rings (SSSR count). The van der Waals surface area contributed by atoms with E-state index in [0.29, 0.717) is 6.61 Å². The molecule has 22 heavy (non-hydrogen) atoms. The van der Waals surface area contributed by atoms with Gasteiger partial charge in [-0.25, -0.2) is 0 Å². The third kappa shape index (κ3) is 2.78. The number of benzene rings is 1. The summed E-state index contributed by atoms with van der Waals surface area (Å²) in [6, 6.07) is 9.77. The van der Waals surface area contributed by atoms with E-state index in [0.717, 1.165) is 5.56 Å². The van der Waals surface area contributed by atoms with E-state index in [1.54, 1.807) is 0 Å². The quantitative estimate of drug-likeness (QED) is 0.887. The van der Waals surface area contributed by atoms with Crippen LogP contribution in [0, 0.1) is 0 Å². The van der Waals surface area contributed by atoms with Crippen molar-refractivity contribution in [3.63, 3.8) is 0 Å². The average molecular weight is 310 g/mol. The fourth-order valence-corrected chi connectivity index (χ4v) is 2.91. The minimum Gasteiger partial charge on any atom is -0.391 e. The van der Waals surface area contributed by atoms with Crippen molar-refractivity contribution in [2.24, 2.45) is 0 Å². The van der Waals surface area contributed by atoms with Gasteiger partial charge in [0.1, 0.15) is 18.8 Å². The first-order valence-electron chi connectivity index (χ1n) is 7.35. The number of hydrogen-bond donors (Lipinski definition) is 1. The third-order valence-electron chi connectivity index (χ3n) is 3.97. The van der Waals surface area contributed by atoms with E-state index in [1.165, 1.54) is 7.11 Å². The predicted molar refractivity (Wildman–Crippen MR) is 76.8 cm³/mol. The van der Waals surface area contributed by atoms with Gasteiger partial charge in [-0.15, -0.1) is 0 Å². The highest BCUT2D eigenvalue weighted by Crippen LogP contribution is 2.44. The van der Waals surface area contributed by atoms with Crippen LogP contribution in [0.15, 0.2) is 30.3 Å². The first-order chi connectivity index (χ1) is 10.5. The largest absolute Gasteiger partial charge is 0.391 e. The van der Waals surface area contributed by atoms with E-state index >= 15 is 0 Å². The van der Waals surface area contributed by atoms with Crippen molar-refractivity contribution in [3.05, 3.63) is 35.9 Å². The molecule has 2 saturated heterocycles. The maximum atomic E-state index is 9.73. The molecule has 0 aliphatic carbocycles. The molecule has 0 saturated carbocycles. The fourth-order valence-electron chi connectivity index (χ4n) is 2.91. The SMILES string of the molecule is CO[C@]1(CO)O[C@H]2OC(C)(C)O[C@@H]2[C@@H]1OCc1ccccc1. The molecule has 6 nitrogen and oxygen atoms in total.